The van der Waals surface area contributed by atoms with Gasteiger partial charge in [0.2, 0.25) is 5.78 Å². The molecule has 19 heavy (non-hydrogen) atoms. The first-order chi connectivity index (χ1) is 9.19. The number of hydrogen-bond donors (Lipinski definition) is 0. The Morgan fingerprint density at radius 1 is 1.32 bits per heavy atom. The highest BCUT2D eigenvalue weighted by molar-refractivity contribution is 6.11. The van der Waals surface area contributed by atoms with Gasteiger partial charge in [-0.05, 0) is 19.1 Å². The van der Waals surface area contributed by atoms with Crippen LogP contribution in [0.4, 0.5) is 0 Å². The fourth-order valence-electron chi connectivity index (χ4n) is 1.89. The van der Waals surface area contributed by atoms with Crippen molar-refractivity contribution >= 4 is 5.78 Å². The summed E-state index contributed by atoms with van der Waals surface area (Å²) in [5, 5.41) is 4.04. The summed E-state index contributed by atoms with van der Waals surface area (Å²) in [5.74, 6) is 0.859. The molecule has 5 heteroatoms. The summed E-state index contributed by atoms with van der Waals surface area (Å²) in [4.78, 5) is 12.6. The molecule has 0 unspecified atom stereocenters. The van der Waals surface area contributed by atoms with Gasteiger partial charge in [-0.25, -0.2) is 0 Å². The van der Waals surface area contributed by atoms with Crippen LogP contribution < -0.4 is 9.47 Å². The maximum absolute atomic E-state index is 12.6. The average molecular weight is 260 g/mol. The van der Waals surface area contributed by atoms with Crippen molar-refractivity contribution in [3.05, 3.63) is 41.7 Å². The lowest BCUT2D eigenvalue weighted by molar-refractivity contribution is 0.102. The maximum Gasteiger partial charge on any atom is 0.218 e. The smallest absolute Gasteiger partial charge is 0.218 e. The zero-order chi connectivity index (χ0) is 13.8. The summed E-state index contributed by atoms with van der Waals surface area (Å²) in [6.07, 6.45) is 1.52. The van der Waals surface area contributed by atoms with Crippen molar-refractivity contribution in [3.8, 4) is 11.5 Å². The molecule has 2 aromatic rings. The summed E-state index contributed by atoms with van der Waals surface area (Å²) in [6, 6.07) is 7.15. The van der Waals surface area contributed by atoms with Crippen molar-refractivity contribution in [1.29, 1.82) is 0 Å². The van der Waals surface area contributed by atoms with Gasteiger partial charge in [-0.2, -0.15) is 5.10 Å². The van der Waals surface area contributed by atoms with Crippen LogP contribution in [-0.4, -0.2) is 29.3 Å². The van der Waals surface area contributed by atoms with Crippen LogP contribution in [0.25, 0.3) is 0 Å². The molecule has 0 bridgehead atoms. The van der Waals surface area contributed by atoms with Crippen molar-refractivity contribution in [2.45, 2.75) is 6.92 Å². The van der Waals surface area contributed by atoms with Crippen LogP contribution in [0.5, 0.6) is 11.5 Å². The third kappa shape index (κ3) is 2.45. The number of ether oxygens (including phenoxy) is 2. The molecule has 5 nitrogen and oxygen atoms in total. The van der Waals surface area contributed by atoms with E-state index in [0.717, 1.165) is 0 Å². The molecule has 0 spiro atoms. The number of carbonyl (C=O) groups is 1. The van der Waals surface area contributed by atoms with Gasteiger partial charge in [0, 0.05) is 7.05 Å². The van der Waals surface area contributed by atoms with Gasteiger partial charge in [0.25, 0.3) is 0 Å². The van der Waals surface area contributed by atoms with Gasteiger partial charge < -0.3 is 9.47 Å². The molecule has 1 aromatic heterocycles. The van der Waals surface area contributed by atoms with E-state index in [4.69, 9.17) is 9.47 Å². The van der Waals surface area contributed by atoms with Gasteiger partial charge in [0.1, 0.15) is 5.75 Å². The lowest BCUT2D eigenvalue weighted by Gasteiger charge is -2.10. The number of aryl methyl sites for hydroxylation is 1. The van der Waals surface area contributed by atoms with Crippen LogP contribution in [0.2, 0.25) is 0 Å². The van der Waals surface area contributed by atoms with Crippen molar-refractivity contribution in [3.63, 3.8) is 0 Å². The van der Waals surface area contributed by atoms with E-state index < -0.39 is 0 Å². The molecular formula is C14H16N2O3. The van der Waals surface area contributed by atoms with Crippen LogP contribution in [0.15, 0.2) is 30.5 Å². The minimum absolute atomic E-state index is 0.166. The third-order valence-corrected chi connectivity index (χ3v) is 2.77. The topological polar surface area (TPSA) is 53.4 Å². The molecule has 0 amide bonds. The highest BCUT2D eigenvalue weighted by Crippen LogP contribution is 2.25. The third-order valence-electron chi connectivity index (χ3n) is 2.77. The molecule has 1 heterocycles. The lowest BCUT2D eigenvalue weighted by atomic mass is 10.1. The second kappa shape index (κ2) is 5.56. The molecule has 0 aliphatic rings. The number of carbonyl (C=O) groups excluding carboxylic acids is 1. The quantitative estimate of drug-likeness (QED) is 0.772. The monoisotopic (exact) mass is 260 g/mol. The zero-order valence-electron chi connectivity index (χ0n) is 11.2. The first-order valence-electron chi connectivity index (χ1n) is 6.01. The molecule has 0 saturated heterocycles. The maximum atomic E-state index is 12.6. The molecular weight excluding hydrogens is 244 g/mol. The van der Waals surface area contributed by atoms with Crippen molar-refractivity contribution in [2.24, 2.45) is 7.05 Å². The average Bonchev–Trinajstić information content (AvgIpc) is 2.80. The SMILES string of the molecule is CCOc1ccccc1C(=O)c1c(OC)cnn1C. The number of methoxy groups -OCH3 is 1. The molecule has 0 radical (unpaired) electrons. The number of ketones is 1. The minimum Gasteiger partial charge on any atom is -0.493 e. The van der Waals surface area contributed by atoms with E-state index in [1.807, 2.05) is 13.0 Å². The van der Waals surface area contributed by atoms with Gasteiger partial charge in [0.05, 0.1) is 25.5 Å². The molecule has 1 aromatic carbocycles. The summed E-state index contributed by atoms with van der Waals surface area (Å²) in [7, 11) is 3.22. The van der Waals surface area contributed by atoms with Gasteiger partial charge >= 0.3 is 0 Å². The van der Waals surface area contributed by atoms with E-state index in [-0.39, 0.29) is 5.78 Å². The molecule has 0 aliphatic carbocycles. The Morgan fingerprint density at radius 3 is 2.74 bits per heavy atom. The first-order valence-corrected chi connectivity index (χ1v) is 6.01. The molecule has 100 valence electrons. The Morgan fingerprint density at radius 2 is 2.05 bits per heavy atom. The van der Waals surface area contributed by atoms with Crippen molar-refractivity contribution < 1.29 is 14.3 Å². The fourth-order valence-corrected chi connectivity index (χ4v) is 1.89. The van der Waals surface area contributed by atoms with Gasteiger partial charge in [-0.1, -0.05) is 12.1 Å². The number of aromatic nitrogens is 2. The highest BCUT2D eigenvalue weighted by atomic mass is 16.5. The number of rotatable bonds is 5. The summed E-state index contributed by atoms with van der Waals surface area (Å²) in [5.41, 5.74) is 0.918. The minimum atomic E-state index is -0.166. The van der Waals surface area contributed by atoms with Gasteiger partial charge in [-0.3, -0.25) is 9.48 Å². The Bertz CT molecular complexity index is 590. The lowest BCUT2D eigenvalue weighted by Crippen LogP contribution is -2.11. The van der Waals surface area contributed by atoms with Gasteiger partial charge in [0.15, 0.2) is 11.4 Å². The molecule has 0 atom stereocenters. The molecule has 2 rings (SSSR count). The highest BCUT2D eigenvalue weighted by Gasteiger charge is 2.22. The number of hydrogen-bond acceptors (Lipinski definition) is 4. The standard InChI is InChI=1S/C14H16N2O3/c1-4-19-11-8-6-5-7-10(11)14(17)13-12(18-3)9-15-16(13)2/h5-9H,4H2,1-3H3. The van der Waals surface area contributed by atoms with E-state index >= 15 is 0 Å². The second-order valence-corrected chi connectivity index (χ2v) is 3.94. The molecule has 0 fully saturated rings. The van der Waals surface area contributed by atoms with Gasteiger partial charge in [-0.15, -0.1) is 0 Å². The molecule has 0 aliphatic heterocycles. The Kier molecular flexibility index (Phi) is 3.85. The zero-order valence-corrected chi connectivity index (χ0v) is 11.2. The van der Waals surface area contributed by atoms with E-state index in [9.17, 15) is 4.79 Å². The van der Waals surface area contributed by atoms with Crippen molar-refractivity contribution in [1.82, 2.24) is 9.78 Å². The predicted octanol–water partition coefficient (Wildman–Crippen LogP) is 2.06. The summed E-state index contributed by atoms with van der Waals surface area (Å²) >= 11 is 0. The normalized spacial score (nSPS) is 10.3. The van der Waals surface area contributed by atoms with E-state index in [0.29, 0.717) is 29.4 Å². The van der Waals surface area contributed by atoms with Crippen LogP contribution in [0, 0.1) is 0 Å². The van der Waals surface area contributed by atoms with Crippen LogP contribution in [0.1, 0.15) is 23.0 Å². The Labute approximate surface area is 111 Å². The van der Waals surface area contributed by atoms with Crippen LogP contribution in [-0.2, 0) is 7.05 Å². The van der Waals surface area contributed by atoms with Crippen LogP contribution in [0.3, 0.4) is 0 Å². The fraction of sp³-hybridized carbons (Fsp3) is 0.286. The second-order valence-electron chi connectivity index (χ2n) is 3.94. The summed E-state index contributed by atoms with van der Waals surface area (Å²) < 4.78 is 12.1. The number of nitrogens with zero attached hydrogens (tertiary/aromatic N) is 2. The number of benzene rings is 1. The largest absolute Gasteiger partial charge is 0.493 e. The summed E-state index contributed by atoms with van der Waals surface area (Å²) in [6.45, 7) is 2.39. The van der Waals surface area contributed by atoms with E-state index in [2.05, 4.69) is 5.10 Å². The molecule has 0 N–H and O–H groups in total. The number of para-hydroxylation sites is 1. The first kappa shape index (κ1) is 13.1. The van der Waals surface area contributed by atoms with E-state index in [1.54, 1.807) is 25.2 Å². The Balaban J connectivity index is 2.47. The predicted molar refractivity (Wildman–Crippen MR) is 70.8 cm³/mol. The van der Waals surface area contributed by atoms with E-state index in [1.165, 1.54) is 18.0 Å². The molecule has 0 saturated carbocycles. The Hall–Kier alpha value is -2.30. The van der Waals surface area contributed by atoms with Crippen LogP contribution >= 0.6 is 0 Å². The van der Waals surface area contributed by atoms with Crippen molar-refractivity contribution in [2.75, 3.05) is 13.7 Å².